The fourth-order valence-electron chi connectivity index (χ4n) is 4.66. The van der Waals surface area contributed by atoms with E-state index in [0.29, 0.717) is 30.0 Å². The molecule has 0 aliphatic heterocycles. The quantitative estimate of drug-likeness (QED) is 0.558. The van der Waals surface area contributed by atoms with E-state index in [2.05, 4.69) is 18.0 Å². The Morgan fingerprint density at radius 1 is 1.06 bits per heavy atom. The lowest BCUT2D eigenvalue weighted by Crippen LogP contribution is -2.42. The zero-order valence-electron chi connectivity index (χ0n) is 19.2. The topological polar surface area (TPSA) is 62.4 Å². The molecule has 0 atom stereocenters. The summed E-state index contributed by atoms with van der Waals surface area (Å²) in [5, 5.41) is 0.994. The first-order chi connectivity index (χ1) is 15.5. The van der Waals surface area contributed by atoms with Gasteiger partial charge in [-0.1, -0.05) is 31.4 Å². The van der Waals surface area contributed by atoms with Gasteiger partial charge < -0.3 is 14.6 Å². The van der Waals surface area contributed by atoms with Gasteiger partial charge in [0, 0.05) is 17.1 Å². The third kappa shape index (κ3) is 4.57. The summed E-state index contributed by atoms with van der Waals surface area (Å²) in [6.07, 6.45) is 5.34. The van der Waals surface area contributed by atoms with Crippen LogP contribution in [0.1, 0.15) is 66.1 Å². The van der Waals surface area contributed by atoms with E-state index < -0.39 is 0 Å². The molecule has 1 saturated carbocycles. The summed E-state index contributed by atoms with van der Waals surface area (Å²) in [4.78, 5) is 31.6. The number of hydrogen-bond acceptors (Lipinski definition) is 3. The van der Waals surface area contributed by atoms with Gasteiger partial charge in [0.2, 0.25) is 0 Å². The van der Waals surface area contributed by atoms with E-state index in [1.165, 1.54) is 12.0 Å². The minimum Gasteiger partial charge on any atom is -0.493 e. The van der Waals surface area contributed by atoms with E-state index in [9.17, 15) is 9.59 Å². The number of ether oxygens (including phenoxy) is 1. The van der Waals surface area contributed by atoms with Gasteiger partial charge in [-0.2, -0.15) is 0 Å². The molecule has 4 rings (SSSR count). The largest absolute Gasteiger partial charge is 0.493 e. The third-order valence-corrected chi connectivity index (χ3v) is 6.57. The number of rotatable bonds is 6. The normalized spacial score (nSPS) is 14.5. The SMILES string of the molecule is CCOc1ccccc1C(=O)N(Cc1cc2cc(C)c(C)cc2[nH]c1=O)C1CCCCC1. The van der Waals surface area contributed by atoms with Crippen molar-refractivity contribution in [3.8, 4) is 5.75 Å². The van der Waals surface area contributed by atoms with E-state index >= 15 is 0 Å². The van der Waals surface area contributed by atoms with Crippen molar-refractivity contribution in [3.05, 3.63) is 75.1 Å². The van der Waals surface area contributed by atoms with Gasteiger partial charge in [0.05, 0.1) is 18.7 Å². The molecule has 1 fully saturated rings. The summed E-state index contributed by atoms with van der Waals surface area (Å²) < 4.78 is 5.74. The molecule has 5 heteroatoms. The number of aromatic nitrogens is 1. The Morgan fingerprint density at radius 2 is 1.78 bits per heavy atom. The Morgan fingerprint density at radius 3 is 2.53 bits per heavy atom. The molecule has 0 spiro atoms. The first-order valence-corrected chi connectivity index (χ1v) is 11.6. The monoisotopic (exact) mass is 432 g/mol. The van der Waals surface area contributed by atoms with Gasteiger partial charge in [0.15, 0.2) is 0 Å². The Labute approximate surface area is 189 Å². The number of nitrogens with zero attached hydrogens (tertiary/aromatic N) is 1. The van der Waals surface area contributed by atoms with Crippen LogP contribution in [-0.4, -0.2) is 28.4 Å². The number of carbonyl (C=O) groups is 1. The highest BCUT2D eigenvalue weighted by Crippen LogP contribution is 2.28. The zero-order chi connectivity index (χ0) is 22.7. The molecule has 5 nitrogen and oxygen atoms in total. The van der Waals surface area contributed by atoms with E-state index in [1.54, 1.807) is 0 Å². The van der Waals surface area contributed by atoms with Crippen molar-refractivity contribution in [2.24, 2.45) is 0 Å². The van der Waals surface area contributed by atoms with Crippen molar-refractivity contribution < 1.29 is 9.53 Å². The average Bonchev–Trinajstić information content (AvgIpc) is 2.80. The number of carbonyl (C=O) groups excluding carboxylic acids is 1. The minimum atomic E-state index is -0.132. The molecule has 1 N–H and O–H groups in total. The van der Waals surface area contributed by atoms with Gasteiger partial charge in [-0.3, -0.25) is 9.59 Å². The molecule has 1 aliphatic rings. The summed E-state index contributed by atoms with van der Waals surface area (Å²) in [6, 6.07) is 13.6. The standard InChI is InChI=1S/C27H32N2O3/c1-4-32-25-13-9-8-12-23(25)27(31)29(22-10-6-5-7-11-22)17-21-16-20-14-18(2)19(3)15-24(20)28-26(21)30/h8-9,12-16,22H,4-7,10-11,17H2,1-3H3,(H,28,30). The lowest BCUT2D eigenvalue weighted by Gasteiger charge is -2.34. The molecular formula is C27H32N2O3. The van der Waals surface area contributed by atoms with Crippen LogP contribution in [0.4, 0.5) is 0 Å². The second kappa shape index (κ2) is 9.60. The van der Waals surface area contributed by atoms with Crippen LogP contribution in [0.2, 0.25) is 0 Å². The van der Waals surface area contributed by atoms with Crippen LogP contribution < -0.4 is 10.3 Å². The maximum Gasteiger partial charge on any atom is 0.258 e. The van der Waals surface area contributed by atoms with Crippen LogP contribution in [0, 0.1) is 13.8 Å². The highest BCUT2D eigenvalue weighted by molar-refractivity contribution is 5.97. The predicted molar refractivity (Wildman–Crippen MR) is 128 cm³/mol. The number of aryl methyl sites for hydroxylation is 2. The number of nitrogens with one attached hydrogen (secondary N) is 1. The first kappa shape index (κ1) is 22.1. The van der Waals surface area contributed by atoms with E-state index in [4.69, 9.17) is 4.74 Å². The number of para-hydroxylation sites is 1. The maximum atomic E-state index is 13.8. The summed E-state index contributed by atoms with van der Waals surface area (Å²) in [7, 11) is 0. The molecule has 3 aromatic rings. The van der Waals surface area contributed by atoms with E-state index in [0.717, 1.165) is 42.1 Å². The van der Waals surface area contributed by atoms with Crippen molar-refractivity contribution >= 4 is 16.8 Å². The van der Waals surface area contributed by atoms with Crippen LogP contribution in [0.5, 0.6) is 5.75 Å². The van der Waals surface area contributed by atoms with Gasteiger partial charge >= 0.3 is 0 Å². The summed E-state index contributed by atoms with van der Waals surface area (Å²) in [5.74, 6) is 0.528. The minimum absolute atomic E-state index is 0.0690. The number of fused-ring (bicyclic) bond motifs is 1. The molecule has 0 radical (unpaired) electrons. The van der Waals surface area contributed by atoms with Crippen LogP contribution in [0.15, 0.2) is 47.3 Å². The fourth-order valence-corrected chi connectivity index (χ4v) is 4.66. The number of hydrogen-bond donors (Lipinski definition) is 1. The second-order valence-corrected chi connectivity index (χ2v) is 8.80. The van der Waals surface area contributed by atoms with Crippen molar-refractivity contribution in [3.63, 3.8) is 0 Å². The molecule has 1 heterocycles. The van der Waals surface area contributed by atoms with E-state index in [-0.39, 0.29) is 17.5 Å². The van der Waals surface area contributed by atoms with E-state index in [1.807, 2.05) is 55.1 Å². The van der Waals surface area contributed by atoms with Crippen LogP contribution >= 0.6 is 0 Å². The van der Waals surface area contributed by atoms with Gasteiger partial charge in [-0.15, -0.1) is 0 Å². The van der Waals surface area contributed by atoms with Crippen molar-refractivity contribution in [1.82, 2.24) is 9.88 Å². The van der Waals surface area contributed by atoms with Crippen molar-refractivity contribution in [1.29, 1.82) is 0 Å². The summed E-state index contributed by atoms with van der Waals surface area (Å²) >= 11 is 0. The molecule has 0 bridgehead atoms. The third-order valence-electron chi connectivity index (χ3n) is 6.57. The lowest BCUT2D eigenvalue weighted by molar-refractivity contribution is 0.0609. The van der Waals surface area contributed by atoms with Crippen molar-refractivity contribution in [2.45, 2.75) is 65.5 Å². The Kier molecular flexibility index (Phi) is 6.63. The zero-order valence-corrected chi connectivity index (χ0v) is 19.2. The Hall–Kier alpha value is -3.08. The maximum absolute atomic E-state index is 13.8. The molecule has 1 aromatic heterocycles. The number of aromatic amines is 1. The number of benzene rings is 2. The predicted octanol–water partition coefficient (Wildman–Crippen LogP) is 5.52. The van der Waals surface area contributed by atoms with Crippen LogP contribution in [-0.2, 0) is 6.54 Å². The molecule has 0 saturated heterocycles. The number of H-pyrrole nitrogens is 1. The Bertz CT molecular complexity index is 1180. The molecule has 32 heavy (non-hydrogen) atoms. The Balaban J connectivity index is 1.73. The second-order valence-electron chi connectivity index (χ2n) is 8.80. The fraction of sp³-hybridized carbons (Fsp3) is 0.407. The summed E-state index contributed by atoms with van der Waals surface area (Å²) in [5.41, 5.74) is 4.21. The van der Waals surface area contributed by atoms with Gasteiger partial charge in [-0.25, -0.2) is 0 Å². The van der Waals surface area contributed by atoms with Crippen LogP contribution in [0.25, 0.3) is 10.9 Å². The van der Waals surface area contributed by atoms with Gasteiger partial charge in [-0.05, 0) is 80.5 Å². The molecular weight excluding hydrogens is 400 g/mol. The number of pyridine rings is 1. The van der Waals surface area contributed by atoms with Gasteiger partial charge in [0.1, 0.15) is 5.75 Å². The highest BCUT2D eigenvalue weighted by atomic mass is 16.5. The molecule has 1 aliphatic carbocycles. The summed E-state index contributed by atoms with van der Waals surface area (Å²) in [6.45, 7) is 6.82. The molecule has 2 aromatic carbocycles. The molecule has 168 valence electrons. The smallest absolute Gasteiger partial charge is 0.258 e. The average molecular weight is 433 g/mol. The highest BCUT2D eigenvalue weighted by Gasteiger charge is 2.29. The lowest BCUT2D eigenvalue weighted by atomic mass is 9.93. The van der Waals surface area contributed by atoms with Crippen molar-refractivity contribution in [2.75, 3.05) is 6.61 Å². The number of amides is 1. The van der Waals surface area contributed by atoms with Crippen LogP contribution in [0.3, 0.4) is 0 Å². The van der Waals surface area contributed by atoms with Gasteiger partial charge in [0.25, 0.3) is 11.5 Å². The first-order valence-electron chi connectivity index (χ1n) is 11.6. The molecule has 0 unspecified atom stereocenters. The molecule has 1 amide bonds.